The first-order chi connectivity index (χ1) is 10.4. The van der Waals surface area contributed by atoms with Crippen LogP contribution >= 0.6 is 11.3 Å². The van der Waals surface area contributed by atoms with Crippen molar-refractivity contribution < 1.29 is 13.2 Å². The zero-order chi connectivity index (χ0) is 16.2. The van der Waals surface area contributed by atoms with Gasteiger partial charge in [-0.1, -0.05) is 12.8 Å². The predicted molar refractivity (Wildman–Crippen MR) is 88.8 cm³/mol. The number of hydrogen-bond donors (Lipinski definition) is 1. The number of aromatic nitrogens is 1. The van der Waals surface area contributed by atoms with E-state index in [1.165, 1.54) is 43.9 Å². The van der Waals surface area contributed by atoms with Crippen LogP contribution in [0.1, 0.15) is 38.3 Å². The van der Waals surface area contributed by atoms with Crippen LogP contribution in [0.4, 0.5) is 5.13 Å². The average Bonchev–Trinajstić information content (AvgIpc) is 2.71. The number of carbonyl (C=O) groups is 1. The maximum absolute atomic E-state index is 11.9. The van der Waals surface area contributed by atoms with E-state index in [-0.39, 0.29) is 0 Å². The molecule has 0 saturated carbocycles. The Labute approximate surface area is 135 Å². The molecule has 1 amide bonds. The molecule has 0 aliphatic carbocycles. The van der Waals surface area contributed by atoms with Gasteiger partial charge in [-0.2, -0.15) is 0 Å². The summed E-state index contributed by atoms with van der Waals surface area (Å²) in [6.45, 7) is 4.35. The fraction of sp³-hybridized carbons (Fsp3) is 0.714. The van der Waals surface area contributed by atoms with Gasteiger partial charge in [0, 0.05) is 18.2 Å². The van der Waals surface area contributed by atoms with Crippen molar-refractivity contribution in [1.82, 2.24) is 9.88 Å². The van der Waals surface area contributed by atoms with E-state index < -0.39 is 21.0 Å². The molecule has 1 aliphatic rings. The van der Waals surface area contributed by atoms with Crippen LogP contribution in [0.5, 0.6) is 0 Å². The summed E-state index contributed by atoms with van der Waals surface area (Å²) in [6, 6.07) is 0. The molecule has 0 radical (unpaired) electrons. The molecule has 1 fully saturated rings. The zero-order valence-corrected chi connectivity index (χ0v) is 14.7. The number of thiazole rings is 1. The minimum absolute atomic E-state index is 0.463. The van der Waals surface area contributed by atoms with E-state index in [9.17, 15) is 13.2 Å². The summed E-state index contributed by atoms with van der Waals surface area (Å²) >= 11 is 1.34. The molecule has 22 heavy (non-hydrogen) atoms. The predicted octanol–water partition coefficient (Wildman–Crippen LogP) is 1.89. The fourth-order valence-electron chi connectivity index (χ4n) is 2.36. The van der Waals surface area contributed by atoms with Gasteiger partial charge in [-0.15, -0.1) is 11.3 Å². The first kappa shape index (κ1) is 17.4. The van der Waals surface area contributed by atoms with E-state index in [1.807, 2.05) is 5.38 Å². The third-order valence-electron chi connectivity index (χ3n) is 3.88. The van der Waals surface area contributed by atoms with Crippen molar-refractivity contribution >= 4 is 32.2 Å². The van der Waals surface area contributed by atoms with E-state index in [4.69, 9.17) is 0 Å². The number of carbonyl (C=O) groups excluding carboxylic acids is 1. The number of anilines is 1. The molecule has 1 N–H and O–H groups in total. The Morgan fingerprint density at radius 2 is 2.00 bits per heavy atom. The van der Waals surface area contributed by atoms with Crippen LogP contribution in [-0.2, 0) is 21.2 Å². The largest absolute Gasteiger partial charge is 0.301 e. The Morgan fingerprint density at radius 3 is 2.59 bits per heavy atom. The lowest BCUT2D eigenvalue weighted by molar-refractivity contribution is -0.115. The molecule has 8 heteroatoms. The van der Waals surface area contributed by atoms with E-state index >= 15 is 0 Å². The summed E-state index contributed by atoms with van der Waals surface area (Å²) in [6.07, 6.45) is 6.08. The minimum Gasteiger partial charge on any atom is -0.301 e. The number of amides is 1. The summed E-state index contributed by atoms with van der Waals surface area (Å²) in [5, 5.41) is 3.91. The second-order valence-corrected chi connectivity index (χ2v) is 9.02. The molecule has 1 saturated heterocycles. The van der Waals surface area contributed by atoms with Crippen LogP contribution in [0.15, 0.2) is 5.38 Å². The Balaban J connectivity index is 1.92. The van der Waals surface area contributed by atoms with Gasteiger partial charge in [-0.05, 0) is 32.9 Å². The van der Waals surface area contributed by atoms with Crippen molar-refractivity contribution in [1.29, 1.82) is 0 Å². The lowest BCUT2D eigenvalue weighted by atomic mass is 10.2. The second-order valence-electron chi connectivity index (χ2n) is 5.80. The first-order valence-corrected chi connectivity index (χ1v) is 10.4. The van der Waals surface area contributed by atoms with E-state index in [0.29, 0.717) is 5.13 Å². The number of nitrogens with one attached hydrogen (secondary N) is 1. The SMILES string of the molecule is CC(C(=O)Nc1nc(CN2CCCCCC2)cs1)S(C)(=O)=O. The van der Waals surface area contributed by atoms with E-state index in [0.717, 1.165) is 31.6 Å². The van der Waals surface area contributed by atoms with Crippen molar-refractivity contribution in [3.8, 4) is 0 Å². The fourth-order valence-corrected chi connectivity index (χ4v) is 3.51. The summed E-state index contributed by atoms with van der Waals surface area (Å²) in [4.78, 5) is 18.6. The third-order valence-corrected chi connectivity index (χ3v) is 6.18. The van der Waals surface area contributed by atoms with Crippen molar-refractivity contribution in [3.05, 3.63) is 11.1 Å². The van der Waals surface area contributed by atoms with Gasteiger partial charge in [0.2, 0.25) is 5.91 Å². The highest BCUT2D eigenvalue weighted by Crippen LogP contribution is 2.19. The smallest absolute Gasteiger partial charge is 0.244 e. The molecule has 1 aromatic heterocycles. The molecule has 0 spiro atoms. The average molecular weight is 345 g/mol. The van der Waals surface area contributed by atoms with Crippen molar-refractivity contribution in [2.45, 2.75) is 44.4 Å². The molecule has 2 rings (SSSR count). The number of sulfone groups is 1. The number of likely N-dealkylation sites (tertiary alicyclic amines) is 1. The molecule has 1 atom stereocenters. The molecular weight excluding hydrogens is 322 g/mol. The summed E-state index contributed by atoms with van der Waals surface area (Å²) in [5.74, 6) is -0.529. The van der Waals surface area contributed by atoms with Crippen molar-refractivity contribution in [2.75, 3.05) is 24.7 Å². The number of rotatable bonds is 5. The topological polar surface area (TPSA) is 79.4 Å². The summed E-state index contributed by atoms with van der Waals surface area (Å²) < 4.78 is 22.8. The maximum atomic E-state index is 11.9. The summed E-state index contributed by atoms with van der Waals surface area (Å²) in [7, 11) is -3.39. The molecule has 0 bridgehead atoms. The Morgan fingerprint density at radius 1 is 1.36 bits per heavy atom. The lowest BCUT2D eigenvalue weighted by Gasteiger charge is -2.17. The normalized spacial score (nSPS) is 18.6. The second kappa shape index (κ2) is 7.52. The number of hydrogen-bond acceptors (Lipinski definition) is 6. The van der Waals surface area contributed by atoms with Gasteiger partial charge in [-0.25, -0.2) is 13.4 Å². The zero-order valence-electron chi connectivity index (χ0n) is 13.0. The van der Waals surface area contributed by atoms with Crippen LogP contribution in [0.2, 0.25) is 0 Å². The standard InChI is InChI=1S/C14H23N3O3S2/c1-11(22(2,19)20)13(18)16-14-15-12(10-21-14)9-17-7-5-3-4-6-8-17/h10-11H,3-9H2,1-2H3,(H,15,16,18). The highest BCUT2D eigenvalue weighted by molar-refractivity contribution is 7.92. The monoisotopic (exact) mass is 345 g/mol. The van der Waals surface area contributed by atoms with Gasteiger partial charge < -0.3 is 5.32 Å². The Kier molecular flexibility index (Phi) is 5.94. The third kappa shape index (κ3) is 5.03. The molecule has 124 valence electrons. The summed E-state index contributed by atoms with van der Waals surface area (Å²) in [5.41, 5.74) is 0.925. The molecule has 6 nitrogen and oxygen atoms in total. The van der Waals surface area contributed by atoms with Crippen molar-refractivity contribution in [3.63, 3.8) is 0 Å². The van der Waals surface area contributed by atoms with Crippen LogP contribution in [0, 0.1) is 0 Å². The number of nitrogens with zero attached hydrogens (tertiary/aromatic N) is 2. The van der Waals surface area contributed by atoms with Crippen LogP contribution < -0.4 is 5.32 Å². The minimum atomic E-state index is -3.39. The molecule has 1 unspecified atom stereocenters. The molecule has 0 aromatic carbocycles. The van der Waals surface area contributed by atoms with Gasteiger partial charge in [0.05, 0.1) is 5.69 Å². The highest BCUT2D eigenvalue weighted by Gasteiger charge is 2.24. The highest BCUT2D eigenvalue weighted by atomic mass is 32.2. The van der Waals surface area contributed by atoms with E-state index in [2.05, 4.69) is 15.2 Å². The van der Waals surface area contributed by atoms with Gasteiger partial charge in [-0.3, -0.25) is 9.69 Å². The van der Waals surface area contributed by atoms with E-state index in [1.54, 1.807) is 0 Å². The molecule has 1 aromatic rings. The Hall–Kier alpha value is -0.990. The van der Waals surface area contributed by atoms with Gasteiger partial charge in [0.25, 0.3) is 0 Å². The first-order valence-electron chi connectivity index (χ1n) is 7.53. The van der Waals surface area contributed by atoms with Gasteiger partial charge in [0.1, 0.15) is 5.25 Å². The molecule has 2 heterocycles. The quantitative estimate of drug-likeness (QED) is 0.881. The van der Waals surface area contributed by atoms with Crippen molar-refractivity contribution in [2.24, 2.45) is 0 Å². The van der Waals surface area contributed by atoms with Crippen LogP contribution in [0.25, 0.3) is 0 Å². The van der Waals surface area contributed by atoms with Gasteiger partial charge >= 0.3 is 0 Å². The van der Waals surface area contributed by atoms with Crippen LogP contribution in [0.3, 0.4) is 0 Å². The van der Waals surface area contributed by atoms with Crippen LogP contribution in [-0.4, -0.2) is 48.8 Å². The Bertz CT molecular complexity index is 605. The molecule has 1 aliphatic heterocycles. The lowest BCUT2D eigenvalue weighted by Crippen LogP contribution is -2.31. The molecular formula is C14H23N3O3S2. The maximum Gasteiger partial charge on any atom is 0.244 e. The van der Waals surface area contributed by atoms with Gasteiger partial charge in [0.15, 0.2) is 15.0 Å².